The van der Waals surface area contributed by atoms with Crippen LogP contribution in [-0.2, 0) is 19.1 Å². The first-order valence-corrected chi connectivity index (χ1v) is 12.0. The van der Waals surface area contributed by atoms with Gasteiger partial charge in [0.15, 0.2) is 6.61 Å². The molecule has 7 nitrogen and oxygen atoms in total. The summed E-state index contributed by atoms with van der Waals surface area (Å²) >= 11 is 0. The molecule has 1 aliphatic rings. The van der Waals surface area contributed by atoms with Gasteiger partial charge >= 0.3 is 5.97 Å². The van der Waals surface area contributed by atoms with E-state index in [0.29, 0.717) is 44.8 Å². The third kappa shape index (κ3) is 7.07. The highest BCUT2D eigenvalue weighted by atomic mass is 16.5. The minimum atomic E-state index is -0.199. The van der Waals surface area contributed by atoms with Crippen molar-refractivity contribution in [2.45, 2.75) is 39.2 Å². The fraction of sp³-hybridized carbons (Fsp3) is 0.444. The van der Waals surface area contributed by atoms with Crippen LogP contribution in [0.2, 0.25) is 0 Å². The Bertz CT molecular complexity index is 927. The van der Waals surface area contributed by atoms with Crippen LogP contribution in [0, 0.1) is 5.92 Å². The SMILES string of the molecule is CCOC(=O)C1CCN(C(=O)CCN(C(=O)COc2ccccc2)C(C)c2ccccc2)CC1. The molecule has 0 spiro atoms. The number of ether oxygens (including phenoxy) is 2. The summed E-state index contributed by atoms with van der Waals surface area (Å²) in [4.78, 5) is 41.5. The number of amides is 2. The molecule has 1 atom stereocenters. The van der Waals surface area contributed by atoms with Gasteiger partial charge < -0.3 is 19.3 Å². The second-order valence-electron chi connectivity index (χ2n) is 8.43. The zero-order valence-electron chi connectivity index (χ0n) is 20.0. The number of rotatable bonds is 10. The molecule has 182 valence electrons. The summed E-state index contributed by atoms with van der Waals surface area (Å²) in [7, 11) is 0. The lowest BCUT2D eigenvalue weighted by molar-refractivity contribution is -0.151. The van der Waals surface area contributed by atoms with Crippen molar-refractivity contribution in [3.05, 3.63) is 66.2 Å². The Morgan fingerprint density at radius 1 is 1.00 bits per heavy atom. The predicted molar refractivity (Wildman–Crippen MR) is 129 cm³/mol. The number of carbonyl (C=O) groups is 3. The van der Waals surface area contributed by atoms with E-state index < -0.39 is 0 Å². The average Bonchev–Trinajstić information content (AvgIpc) is 2.88. The van der Waals surface area contributed by atoms with Gasteiger partial charge in [-0.3, -0.25) is 14.4 Å². The number of carbonyl (C=O) groups excluding carboxylic acids is 3. The van der Waals surface area contributed by atoms with Crippen LogP contribution in [0.4, 0.5) is 0 Å². The number of hydrogen-bond donors (Lipinski definition) is 0. The molecule has 0 aliphatic carbocycles. The first-order chi connectivity index (χ1) is 16.5. The van der Waals surface area contributed by atoms with Crippen molar-refractivity contribution in [1.82, 2.24) is 9.80 Å². The summed E-state index contributed by atoms with van der Waals surface area (Å²) in [5.41, 5.74) is 0.998. The van der Waals surface area contributed by atoms with Crippen molar-refractivity contribution in [3.63, 3.8) is 0 Å². The van der Waals surface area contributed by atoms with Gasteiger partial charge in [0.1, 0.15) is 5.75 Å². The molecule has 7 heteroatoms. The van der Waals surface area contributed by atoms with Crippen LogP contribution < -0.4 is 4.74 Å². The summed E-state index contributed by atoms with van der Waals surface area (Å²) in [5, 5.41) is 0. The fourth-order valence-electron chi connectivity index (χ4n) is 4.19. The van der Waals surface area contributed by atoms with Crippen molar-refractivity contribution in [2.24, 2.45) is 5.92 Å². The van der Waals surface area contributed by atoms with Crippen molar-refractivity contribution in [1.29, 1.82) is 0 Å². The summed E-state index contributed by atoms with van der Waals surface area (Å²) in [6, 6.07) is 18.8. The van der Waals surface area contributed by atoms with E-state index >= 15 is 0 Å². The number of para-hydroxylation sites is 1. The topological polar surface area (TPSA) is 76.2 Å². The zero-order valence-corrected chi connectivity index (χ0v) is 20.0. The molecule has 1 saturated heterocycles. The number of benzene rings is 2. The number of piperidine rings is 1. The van der Waals surface area contributed by atoms with E-state index in [2.05, 4.69) is 0 Å². The highest BCUT2D eigenvalue weighted by Crippen LogP contribution is 2.23. The van der Waals surface area contributed by atoms with E-state index in [1.54, 1.807) is 16.7 Å². The van der Waals surface area contributed by atoms with Gasteiger partial charge in [-0.05, 0) is 44.4 Å². The summed E-state index contributed by atoms with van der Waals surface area (Å²) in [5.74, 6) is 0.124. The first kappa shape index (κ1) is 25.3. The molecule has 0 N–H and O–H groups in total. The minimum absolute atomic E-state index is 0.00986. The maximum atomic E-state index is 13.1. The lowest BCUT2D eigenvalue weighted by atomic mass is 9.97. The molecule has 1 unspecified atom stereocenters. The molecule has 1 aliphatic heterocycles. The molecule has 0 bridgehead atoms. The molecule has 1 fully saturated rings. The lowest BCUT2D eigenvalue weighted by Crippen LogP contribution is -2.43. The molecule has 2 aromatic rings. The first-order valence-electron chi connectivity index (χ1n) is 12.0. The maximum absolute atomic E-state index is 13.1. The van der Waals surface area contributed by atoms with Gasteiger partial charge in [-0.1, -0.05) is 48.5 Å². The van der Waals surface area contributed by atoms with Gasteiger partial charge in [-0.2, -0.15) is 0 Å². The molecule has 2 amide bonds. The van der Waals surface area contributed by atoms with Gasteiger partial charge in [-0.15, -0.1) is 0 Å². The molecule has 3 rings (SSSR count). The summed E-state index contributed by atoms with van der Waals surface area (Å²) in [6.07, 6.45) is 1.44. The number of hydrogen-bond acceptors (Lipinski definition) is 5. The Hall–Kier alpha value is -3.35. The second kappa shape index (κ2) is 12.8. The normalized spacial score (nSPS) is 14.8. The van der Waals surface area contributed by atoms with Gasteiger partial charge in [0.05, 0.1) is 18.6 Å². The van der Waals surface area contributed by atoms with E-state index in [9.17, 15) is 14.4 Å². The standard InChI is InChI=1S/C27H34N2O5/c1-3-33-27(32)23-14-17-28(18-15-23)25(30)16-19-29(21(2)22-10-6-4-7-11-22)26(31)20-34-24-12-8-5-9-13-24/h4-13,21,23H,3,14-20H2,1-2H3. The van der Waals surface area contributed by atoms with Crippen molar-refractivity contribution >= 4 is 17.8 Å². The number of likely N-dealkylation sites (tertiary alicyclic amines) is 1. The van der Waals surface area contributed by atoms with E-state index in [1.807, 2.05) is 67.6 Å². The van der Waals surface area contributed by atoms with Crippen molar-refractivity contribution in [3.8, 4) is 5.75 Å². The van der Waals surface area contributed by atoms with Gasteiger partial charge in [0, 0.05) is 26.1 Å². The summed E-state index contributed by atoms with van der Waals surface area (Å²) < 4.78 is 10.8. The van der Waals surface area contributed by atoms with Crippen LogP contribution in [0.1, 0.15) is 44.7 Å². The van der Waals surface area contributed by atoms with Gasteiger partial charge in [-0.25, -0.2) is 0 Å². The van der Waals surface area contributed by atoms with Crippen LogP contribution in [-0.4, -0.2) is 60.4 Å². The fourth-order valence-corrected chi connectivity index (χ4v) is 4.19. The van der Waals surface area contributed by atoms with Gasteiger partial charge in [0.2, 0.25) is 5.91 Å². The van der Waals surface area contributed by atoms with Crippen LogP contribution in [0.5, 0.6) is 5.75 Å². The molecular formula is C27H34N2O5. The Balaban J connectivity index is 1.59. The largest absolute Gasteiger partial charge is 0.484 e. The molecule has 0 radical (unpaired) electrons. The highest BCUT2D eigenvalue weighted by molar-refractivity contribution is 5.81. The van der Waals surface area contributed by atoms with Crippen molar-refractivity contribution in [2.75, 3.05) is 32.8 Å². The maximum Gasteiger partial charge on any atom is 0.309 e. The van der Waals surface area contributed by atoms with Crippen LogP contribution in [0.15, 0.2) is 60.7 Å². The number of nitrogens with zero attached hydrogens (tertiary/aromatic N) is 2. The lowest BCUT2D eigenvalue weighted by Gasteiger charge is -2.33. The predicted octanol–water partition coefficient (Wildman–Crippen LogP) is 3.85. The molecule has 2 aromatic carbocycles. The van der Waals surface area contributed by atoms with Gasteiger partial charge in [0.25, 0.3) is 5.91 Å². The van der Waals surface area contributed by atoms with Crippen LogP contribution in [0.25, 0.3) is 0 Å². The Labute approximate surface area is 201 Å². The Morgan fingerprint density at radius 3 is 2.24 bits per heavy atom. The van der Waals surface area contributed by atoms with E-state index in [-0.39, 0.29) is 42.8 Å². The Kier molecular flexibility index (Phi) is 9.50. The third-order valence-electron chi connectivity index (χ3n) is 6.21. The van der Waals surface area contributed by atoms with Crippen molar-refractivity contribution < 1.29 is 23.9 Å². The molecule has 1 heterocycles. The molecular weight excluding hydrogens is 432 g/mol. The molecule has 0 aromatic heterocycles. The quantitative estimate of drug-likeness (QED) is 0.497. The smallest absolute Gasteiger partial charge is 0.309 e. The highest BCUT2D eigenvalue weighted by Gasteiger charge is 2.29. The zero-order chi connectivity index (χ0) is 24.3. The number of esters is 1. The van der Waals surface area contributed by atoms with Crippen LogP contribution >= 0.6 is 0 Å². The molecule has 34 heavy (non-hydrogen) atoms. The Morgan fingerprint density at radius 2 is 1.62 bits per heavy atom. The second-order valence-corrected chi connectivity index (χ2v) is 8.43. The van der Waals surface area contributed by atoms with E-state index in [4.69, 9.17) is 9.47 Å². The van der Waals surface area contributed by atoms with Crippen LogP contribution in [0.3, 0.4) is 0 Å². The minimum Gasteiger partial charge on any atom is -0.484 e. The average molecular weight is 467 g/mol. The third-order valence-corrected chi connectivity index (χ3v) is 6.21. The summed E-state index contributed by atoms with van der Waals surface area (Å²) in [6.45, 7) is 5.39. The van der Waals surface area contributed by atoms with E-state index in [0.717, 1.165) is 5.56 Å². The monoisotopic (exact) mass is 466 g/mol. The van der Waals surface area contributed by atoms with E-state index in [1.165, 1.54) is 0 Å². The molecule has 0 saturated carbocycles.